The molecular weight excluding hydrogens is 312 g/mol. The molecule has 0 spiro atoms. The first kappa shape index (κ1) is 17.1. The third kappa shape index (κ3) is 3.55. The fourth-order valence-electron chi connectivity index (χ4n) is 3.41. The van der Waals surface area contributed by atoms with E-state index in [0.29, 0.717) is 11.5 Å². The van der Waals surface area contributed by atoms with Crippen LogP contribution in [0.2, 0.25) is 0 Å². The highest BCUT2D eigenvalue weighted by Crippen LogP contribution is 2.42. The van der Waals surface area contributed by atoms with E-state index in [-0.39, 0.29) is 11.4 Å². The number of hydrazone groups is 1. The second kappa shape index (κ2) is 6.67. The monoisotopic (exact) mass is 336 g/mol. The molecule has 1 aromatic carbocycles. The molecule has 5 nitrogen and oxygen atoms in total. The van der Waals surface area contributed by atoms with Gasteiger partial charge in [0.05, 0.1) is 6.21 Å². The Labute approximate surface area is 148 Å². The van der Waals surface area contributed by atoms with Gasteiger partial charge in [-0.25, -0.2) is 5.43 Å². The van der Waals surface area contributed by atoms with Crippen LogP contribution in [-0.4, -0.2) is 29.7 Å². The molecule has 0 aliphatic carbocycles. The number of aromatic nitrogens is 1. The van der Waals surface area contributed by atoms with E-state index < -0.39 is 0 Å². The summed E-state index contributed by atoms with van der Waals surface area (Å²) in [5.41, 5.74) is 6.81. The topological polar surface area (TPSA) is 57.6 Å². The van der Waals surface area contributed by atoms with Crippen molar-refractivity contribution in [2.75, 3.05) is 11.9 Å². The number of pyridine rings is 1. The number of benzene rings is 1. The summed E-state index contributed by atoms with van der Waals surface area (Å²) in [4.78, 5) is 18.2. The van der Waals surface area contributed by atoms with Crippen LogP contribution in [0.3, 0.4) is 0 Å². The lowest BCUT2D eigenvalue weighted by Crippen LogP contribution is -2.45. The molecule has 25 heavy (non-hydrogen) atoms. The van der Waals surface area contributed by atoms with Crippen molar-refractivity contribution in [2.24, 2.45) is 5.10 Å². The molecule has 2 heterocycles. The average Bonchev–Trinajstić information content (AvgIpc) is 2.60. The Balaban J connectivity index is 1.75. The minimum Gasteiger partial charge on any atom is -0.369 e. The highest BCUT2D eigenvalue weighted by Gasteiger charge is 2.33. The summed E-state index contributed by atoms with van der Waals surface area (Å²) in [6.07, 6.45) is 5.96. The number of fused-ring (bicyclic) bond motifs is 1. The zero-order chi connectivity index (χ0) is 18.0. The van der Waals surface area contributed by atoms with Crippen molar-refractivity contribution in [3.63, 3.8) is 0 Å². The third-order valence-electron chi connectivity index (χ3n) is 4.98. The number of amides is 1. The van der Waals surface area contributed by atoms with E-state index in [1.807, 2.05) is 6.07 Å². The number of anilines is 1. The molecule has 1 aliphatic rings. The van der Waals surface area contributed by atoms with Gasteiger partial charge < -0.3 is 4.90 Å². The largest absolute Gasteiger partial charge is 0.369 e. The third-order valence-corrected chi connectivity index (χ3v) is 4.98. The molecule has 1 aromatic heterocycles. The highest BCUT2D eigenvalue weighted by molar-refractivity contribution is 5.94. The van der Waals surface area contributed by atoms with Gasteiger partial charge in [0.25, 0.3) is 5.91 Å². The van der Waals surface area contributed by atoms with Gasteiger partial charge in [-0.2, -0.15) is 5.10 Å². The predicted octanol–water partition coefficient (Wildman–Crippen LogP) is 3.57. The number of nitrogens with zero attached hydrogens (tertiary/aromatic N) is 3. The van der Waals surface area contributed by atoms with Gasteiger partial charge in [0.1, 0.15) is 0 Å². The van der Waals surface area contributed by atoms with Gasteiger partial charge in [0.2, 0.25) is 0 Å². The maximum atomic E-state index is 12.0. The lowest BCUT2D eigenvalue weighted by atomic mass is 9.80. The van der Waals surface area contributed by atoms with Crippen LogP contribution in [0.15, 0.2) is 47.8 Å². The van der Waals surface area contributed by atoms with Crippen molar-refractivity contribution >= 4 is 17.8 Å². The van der Waals surface area contributed by atoms with Crippen LogP contribution in [0.1, 0.15) is 54.6 Å². The lowest BCUT2D eigenvalue weighted by Gasteiger charge is -2.45. The summed E-state index contributed by atoms with van der Waals surface area (Å²) in [6, 6.07) is 9.64. The van der Waals surface area contributed by atoms with Crippen LogP contribution in [0.25, 0.3) is 0 Å². The standard InChI is InChI=1S/C20H24N4O/c1-14-12-20(2,3)24(4)18-6-5-15(11-17(14)18)13-22-23-19(25)16-7-9-21-10-8-16/h5-11,13-14H,12H2,1-4H3,(H,23,25)/b22-13-/t14-/m1/s1. The smallest absolute Gasteiger partial charge is 0.271 e. The fraction of sp³-hybridized carbons (Fsp3) is 0.350. The van der Waals surface area contributed by atoms with Gasteiger partial charge in [-0.1, -0.05) is 13.0 Å². The number of hydrogen-bond donors (Lipinski definition) is 1. The van der Waals surface area contributed by atoms with Crippen LogP contribution >= 0.6 is 0 Å². The van der Waals surface area contributed by atoms with Crippen molar-refractivity contribution in [2.45, 2.75) is 38.6 Å². The van der Waals surface area contributed by atoms with Crippen LogP contribution in [0.4, 0.5) is 5.69 Å². The number of rotatable bonds is 3. The summed E-state index contributed by atoms with van der Waals surface area (Å²) in [5, 5.41) is 4.08. The second-order valence-electron chi connectivity index (χ2n) is 7.23. The van der Waals surface area contributed by atoms with Crippen molar-refractivity contribution < 1.29 is 4.79 Å². The summed E-state index contributed by atoms with van der Waals surface area (Å²) in [5.74, 6) is 0.243. The quantitative estimate of drug-likeness (QED) is 0.688. The van der Waals surface area contributed by atoms with E-state index in [1.54, 1.807) is 30.7 Å². The maximum Gasteiger partial charge on any atom is 0.271 e. The minimum absolute atomic E-state index is 0.153. The van der Waals surface area contributed by atoms with Crippen molar-refractivity contribution in [1.29, 1.82) is 0 Å². The molecule has 3 rings (SSSR count). The zero-order valence-corrected chi connectivity index (χ0v) is 15.2. The maximum absolute atomic E-state index is 12.0. The number of carbonyl (C=O) groups excluding carboxylic acids is 1. The Hall–Kier alpha value is -2.69. The van der Waals surface area contributed by atoms with E-state index in [4.69, 9.17) is 0 Å². The molecular formula is C20H24N4O. The molecule has 130 valence electrons. The Morgan fingerprint density at radius 1 is 1.32 bits per heavy atom. The van der Waals surface area contributed by atoms with Gasteiger partial charge in [0, 0.05) is 36.2 Å². The van der Waals surface area contributed by atoms with E-state index in [2.05, 4.69) is 60.4 Å². The van der Waals surface area contributed by atoms with Crippen molar-refractivity contribution in [3.8, 4) is 0 Å². The summed E-state index contributed by atoms with van der Waals surface area (Å²) < 4.78 is 0. The summed E-state index contributed by atoms with van der Waals surface area (Å²) in [6.45, 7) is 6.81. The molecule has 5 heteroatoms. The molecule has 2 aromatic rings. The molecule has 0 saturated carbocycles. The molecule has 1 atom stereocenters. The normalized spacial score (nSPS) is 18.9. The Morgan fingerprint density at radius 2 is 2.04 bits per heavy atom. The average molecular weight is 336 g/mol. The van der Waals surface area contributed by atoms with Gasteiger partial charge in [-0.3, -0.25) is 9.78 Å². The van der Waals surface area contributed by atoms with Crippen LogP contribution in [0.5, 0.6) is 0 Å². The van der Waals surface area contributed by atoms with Crippen molar-refractivity contribution in [1.82, 2.24) is 10.4 Å². The first-order chi connectivity index (χ1) is 11.9. The van der Waals surface area contributed by atoms with Crippen LogP contribution in [-0.2, 0) is 0 Å². The molecule has 0 bridgehead atoms. The summed E-state index contributed by atoms with van der Waals surface area (Å²) >= 11 is 0. The number of nitrogens with one attached hydrogen (secondary N) is 1. The van der Waals surface area contributed by atoms with Gasteiger partial charge in [0.15, 0.2) is 0 Å². The fourth-order valence-corrected chi connectivity index (χ4v) is 3.41. The van der Waals surface area contributed by atoms with Crippen molar-refractivity contribution in [3.05, 3.63) is 59.4 Å². The van der Waals surface area contributed by atoms with E-state index in [1.165, 1.54) is 11.3 Å². The van der Waals surface area contributed by atoms with E-state index >= 15 is 0 Å². The van der Waals surface area contributed by atoms with Gasteiger partial charge in [-0.05, 0) is 61.6 Å². The Bertz CT molecular complexity index is 799. The zero-order valence-electron chi connectivity index (χ0n) is 15.2. The Kier molecular flexibility index (Phi) is 4.57. The predicted molar refractivity (Wildman–Crippen MR) is 101 cm³/mol. The second-order valence-corrected chi connectivity index (χ2v) is 7.23. The van der Waals surface area contributed by atoms with E-state index in [0.717, 1.165) is 12.0 Å². The van der Waals surface area contributed by atoms with Gasteiger partial charge >= 0.3 is 0 Å². The van der Waals surface area contributed by atoms with Crippen LogP contribution in [0, 0.1) is 0 Å². The summed E-state index contributed by atoms with van der Waals surface area (Å²) in [7, 11) is 2.15. The number of carbonyl (C=O) groups is 1. The molecule has 1 N–H and O–H groups in total. The van der Waals surface area contributed by atoms with E-state index in [9.17, 15) is 4.79 Å². The molecule has 0 fully saturated rings. The molecule has 1 aliphatic heterocycles. The first-order valence-electron chi connectivity index (χ1n) is 8.50. The molecule has 1 amide bonds. The SMILES string of the molecule is C[C@@H]1CC(C)(C)N(C)c2ccc(/C=N\NC(=O)c3ccncc3)cc21. The minimum atomic E-state index is -0.244. The lowest BCUT2D eigenvalue weighted by molar-refractivity contribution is 0.0955. The highest BCUT2D eigenvalue weighted by atomic mass is 16.2. The molecule has 0 saturated heterocycles. The first-order valence-corrected chi connectivity index (χ1v) is 8.50. The van der Waals surface area contributed by atoms with Gasteiger partial charge in [-0.15, -0.1) is 0 Å². The molecule has 0 radical (unpaired) electrons. The Morgan fingerprint density at radius 3 is 2.76 bits per heavy atom. The molecule has 0 unspecified atom stereocenters. The number of hydrogen-bond acceptors (Lipinski definition) is 4. The van der Waals surface area contributed by atoms with Crippen LogP contribution < -0.4 is 10.3 Å².